The lowest BCUT2D eigenvalue weighted by molar-refractivity contribution is -0.137. The van der Waals surface area contributed by atoms with E-state index in [1.807, 2.05) is 0 Å². The van der Waals surface area contributed by atoms with Crippen molar-refractivity contribution < 1.29 is 27.9 Å². The summed E-state index contributed by atoms with van der Waals surface area (Å²) in [5, 5.41) is 14.3. The van der Waals surface area contributed by atoms with Gasteiger partial charge in [0.25, 0.3) is 5.91 Å². The van der Waals surface area contributed by atoms with Gasteiger partial charge in [-0.05, 0) is 24.3 Å². The van der Waals surface area contributed by atoms with Crippen molar-refractivity contribution in [2.75, 3.05) is 18.4 Å². The Morgan fingerprint density at radius 1 is 1.04 bits per heavy atom. The minimum absolute atomic E-state index is 0.0302. The molecule has 0 saturated heterocycles. The number of carbonyl (C=O) groups is 2. The predicted molar refractivity (Wildman–Crippen MR) is 83.5 cm³/mol. The van der Waals surface area contributed by atoms with E-state index in [2.05, 4.69) is 15.6 Å². The van der Waals surface area contributed by atoms with Gasteiger partial charge in [0.05, 0.1) is 16.7 Å². The molecular weight excluding hydrogens is 339 g/mol. The molecule has 0 aliphatic rings. The second-order valence-electron chi connectivity index (χ2n) is 4.96. The van der Waals surface area contributed by atoms with Crippen molar-refractivity contribution in [1.82, 2.24) is 10.3 Å². The Bertz CT molecular complexity index is 761. The average Bonchev–Trinajstić information content (AvgIpc) is 2.58. The predicted octanol–water partition coefficient (Wildman–Crippen LogP) is 2.64. The highest BCUT2D eigenvalue weighted by atomic mass is 19.4. The third kappa shape index (κ3) is 4.93. The molecule has 132 valence electrons. The van der Waals surface area contributed by atoms with Crippen molar-refractivity contribution in [3.05, 3.63) is 59.3 Å². The molecule has 9 heteroatoms. The Hall–Kier alpha value is -3.10. The quantitative estimate of drug-likeness (QED) is 0.695. The summed E-state index contributed by atoms with van der Waals surface area (Å²) in [6.07, 6.45) is -3.74. The number of aromatic nitrogens is 1. The highest BCUT2D eigenvalue weighted by Crippen LogP contribution is 2.28. The van der Waals surface area contributed by atoms with Crippen molar-refractivity contribution in [2.24, 2.45) is 0 Å². The number of nitrogens with zero attached hydrogens (tertiary/aromatic N) is 1. The van der Waals surface area contributed by atoms with Gasteiger partial charge in [-0.25, -0.2) is 9.78 Å². The molecule has 3 N–H and O–H groups in total. The lowest BCUT2D eigenvalue weighted by atomic mass is 10.1. The first-order valence-electron chi connectivity index (χ1n) is 7.16. The molecule has 0 fully saturated rings. The lowest BCUT2D eigenvalue weighted by Crippen LogP contribution is -2.30. The summed E-state index contributed by atoms with van der Waals surface area (Å²) in [6.45, 7) is 0.342. The van der Waals surface area contributed by atoms with Crippen LogP contribution >= 0.6 is 0 Å². The summed E-state index contributed by atoms with van der Waals surface area (Å²) in [7, 11) is 0. The summed E-state index contributed by atoms with van der Waals surface area (Å²) >= 11 is 0. The zero-order valence-corrected chi connectivity index (χ0v) is 12.8. The van der Waals surface area contributed by atoms with E-state index in [9.17, 15) is 22.8 Å². The van der Waals surface area contributed by atoms with Gasteiger partial charge in [-0.3, -0.25) is 4.79 Å². The largest absolute Gasteiger partial charge is 0.478 e. The Balaban J connectivity index is 1.85. The fourth-order valence-corrected chi connectivity index (χ4v) is 2.00. The van der Waals surface area contributed by atoms with E-state index in [-0.39, 0.29) is 30.0 Å². The molecule has 0 spiro atoms. The SMILES string of the molecule is O=C(O)c1ccccc1C(=O)NCCNc1ccc(C(F)(F)F)cn1. The zero-order valence-electron chi connectivity index (χ0n) is 12.8. The maximum absolute atomic E-state index is 12.4. The Labute approximate surface area is 140 Å². The molecule has 2 aromatic rings. The van der Waals surface area contributed by atoms with Gasteiger partial charge in [0.1, 0.15) is 5.82 Å². The molecule has 6 nitrogen and oxygen atoms in total. The van der Waals surface area contributed by atoms with Gasteiger partial charge in [-0.2, -0.15) is 13.2 Å². The summed E-state index contributed by atoms with van der Waals surface area (Å²) in [6, 6.07) is 7.86. The molecule has 1 amide bonds. The monoisotopic (exact) mass is 353 g/mol. The van der Waals surface area contributed by atoms with Gasteiger partial charge in [0.2, 0.25) is 0 Å². The second kappa shape index (κ2) is 7.65. The minimum Gasteiger partial charge on any atom is -0.478 e. The Morgan fingerprint density at radius 3 is 2.28 bits per heavy atom. The van der Waals surface area contributed by atoms with Crippen LogP contribution in [0.5, 0.6) is 0 Å². The summed E-state index contributed by atoms with van der Waals surface area (Å²) in [5.74, 6) is -1.54. The number of halogens is 3. The van der Waals surface area contributed by atoms with E-state index < -0.39 is 23.6 Å². The maximum atomic E-state index is 12.4. The van der Waals surface area contributed by atoms with Gasteiger partial charge in [-0.1, -0.05) is 12.1 Å². The summed E-state index contributed by atoms with van der Waals surface area (Å²) in [5.41, 5.74) is -0.934. The maximum Gasteiger partial charge on any atom is 0.417 e. The van der Waals surface area contributed by atoms with Crippen LogP contribution in [-0.2, 0) is 6.18 Å². The number of rotatable bonds is 6. The fraction of sp³-hybridized carbons (Fsp3) is 0.188. The normalized spacial score (nSPS) is 11.0. The molecular formula is C16H14F3N3O3. The fourth-order valence-electron chi connectivity index (χ4n) is 2.00. The van der Waals surface area contributed by atoms with Crippen LogP contribution in [0.25, 0.3) is 0 Å². The van der Waals surface area contributed by atoms with Crippen LogP contribution in [-0.4, -0.2) is 35.1 Å². The lowest BCUT2D eigenvalue weighted by Gasteiger charge is -2.10. The number of carbonyl (C=O) groups excluding carboxylic acids is 1. The summed E-state index contributed by atoms with van der Waals surface area (Å²) < 4.78 is 37.2. The van der Waals surface area contributed by atoms with Crippen LogP contribution in [0.3, 0.4) is 0 Å². The molecule has 0 bridgehead atoms. The van der Waals surface area contributed by atoms with Crippen LogP contribution < -0.4 is 10.6 Å². The van der Waals surface area contributed by atoms with Crippen LogP contribution in [0, 0.1) is 0 Å². The molecule has 0 radical (unpaired) electrons. The molecule has 25 heavy (non-hydrogen) atoms. The Kier molecular flexibility index (Phi) is 5.58. The first kappa shape index (κ1) is 18.2. The molecule has 0 aliphatic carbocycles. The molecule has 2 rings (SSSR count). The van der Waals surface area contributed by atoms with E-state index in [0.717, 1.165) is 6.07 Å². The van der Waals surface area contributed by atoms with Gasteiger partial charge in [-0.15, -0.1) is 0 Å². The Morgan fingerprint density at radius 2 is 1.72 bits per heavy atom. The number of amides is 1. The first-order chi connectivity index (χ1) is 11.8. The van der Waals surface area contributed by atoms with Crippen molar-refractivity contribution in [1.29, 1.82) is 0 Å². The van der Waals surface area contributed by atoms with Gasteiger partial charge in [0, 0.05) is 19.3 Å². The molecule has 0 aliphatic heterocycles. The molecule has 0 saturated carbocycles. The van der Waals surface area contributed by atoms with Crippen LogP contribution in [0.2, 0.25) is 0 Å². The van der Waals surface area contributed by atoms with E-state index in [0.29, 0.717) is 6.20 Å². The van der Waals surface area contributed by atoms with Crippen molar-refractivity contribution in [3.63, 3.8) is 0 Å². The third-order valence-corrected chi connectivity index (χ3v) is 3.21. The molecule has 0 unspecified atom stereocenters. The van der Waals surface area contributed by atoms with E-state index in [1.54, 1.807) is 6.07 Å². The van der Waals surface area contributed by atoms with E-state index in [4.69, 9.17) is 5.11 Å². The van der Waals surface area contributed by atoms with Crippen LogP contribution in [0.1, 0.15) is 26.3 Å². The third-order valence-electron chi connectivity index (χ3n) is 3.21. The first-order valence-corrected chi connectivity index (χ1v) is 7.16. The van der Waals surface area contributed by atoms with E-state index >= 15 is 0 Å². The van der Waals surface area contributed by atoms with Gasteiger partial charge < -0.3 is 15.7 Å². The molecule has 1 aromatic carbocycles. The number of hydrogen-bond acceptors (Lipinski definition) is 4. The number of alkyl halides is 3. The van der Waals surface area contributed by atoms with Crippen molar-refractivity contribution in [3.8, 4) is 0 Å². The van der Waals surface area contributed by atoms with Gasteiger partial charge in [0.15, 0.2) is 0 Å². The highest BCUT2D eigenvalue weighted by Gasteiger charge is 2.30. The molecule has 1 aromatic heterocycles. The smallest absolute Gasteiger partial charge is 0.417 e. The van der Waals surface area contributed by atoms with Gasteiger partial charge >= 0.3 is 12.1 Å². The molecule has 0 atom stereocenters. The van der Waals surface area contributed by atoms with Crippen LogP contribution in [0.4, 0.5) is 19.0 Å². The number of hydrogen-bond donors (Lipinski definition) is 3. The number of anilines is 1. The van der Waals surface area contributed by atoms with E-state index in [1.165, 1.54) is 24.3 Å². The number of carboxylic acids is 1. The molecule has 1 heterocycles. The second-order valence-corrected chi connectivity index (χ2v) is 4.96. The number of aromatic carboxylic acids is 1. The number of carboxylic acid groups (broad SMARTS) is 1. The number of benzene rings is 1. The average molecular weight is 353 g/mol. The minimum atomic E-state index is -4.45. The van der Waals surface area contributed by atoms with Crippen molar-refractivity contribution >= 4 is 17.7 Å². The van der Waals surface area contributed by atoms with Crippen molar-refractivity contribution in [2.45, 2.75) is 6.18 Å². The number of nitrogens with one attached hydrogen (secondary N) is 2. The standard InChI is InChI=1S/C16H14F3N3O3/c17-16(18,19)10-5-6-13(22-9-10)20-7-8-21-14(23)11-3-1-2-4-12(11)15(24)25/h1-6,9H,7-8H2,(H,20,22)(H,21,23)(H,24,25). The van der Waals surface area contributed by atoms with Crippen LogP contribution in [0.15, 0.2) is 42.6 Å². The topological polar surface area (TPSA) is 91.3 Å². The highest BCUT2D eigenvalue weighted by molar-refractivity contribution is 6.04. The summed E-state index contributed by atoms with van der Waals surface area (Å²) in [4.78, 5) is 26.7. The number of pyridine rings is 1. The zero-order chi connectivity index (χ0) is 18.4.